The minimum atomic E-state index is -4.98. The summed E-state index contributed by atoms with van der Waals surface area (Å²) >= 11 is -4.26. The second-order valence-corrected chi connectivity index (χ2v) is 16.4. The van der Waals surface area contributed by atoms with E-state index in [9.17, 15) is 41.7 Å². The number of phenols is 2. The Bertz CT molecular complexity index is 1750. The molecule has 254 valence electrons. The smallest absolute Gasteiger partial charge is 0.337 e. The number of aromatic carboxylic acids is 2. The summed E-state index contributed by atoms with van der Waals surface area (Å²) in [6.45, 7) is 5.13. The van der Waals surface area contributed by atoms with Crippen molar-refractivity contribution in [2.75, 3.05) is 10.6 Å². The van der Waals surface area contributed by atoms with E-state index in [0.29, 0.717) is 0 Å². The molecule has 20 heteroatoms. The molecule has 47 heavy (non-hydrogen) atoms. The van der Waals surface area contributed by atoms with Gasteiger partial charge in [-0.15, -0.1) is 0 Å². The first-order valence-corrected chi connectivity index (χ1v) is 19.7. The van der Waals surface area contributed by atoms with Gasteiger partial charge in [-0.2, -0.15) is 0 Å². The zero-order chi connectivity index (χ0) is 36.6. The first kappa shape index (κ1) is 40.7. The van der Waals surface area contributed by atoms with Gasteiger partial charge < -0.3 is 10.2 Å². The Kier molecular flexibility index (Phi) is 14.3. The van der Waals surface area contributed by atoms with E-state index in [1.54, 1.807) is 0 Å². The SMILES string of the molecule is CC(=O)Nc1cc([As](=O)(O)O)ccc1O.CC(=O)Nc1cc([As](=O)(O)O)ccc1O.CC(=O)c1c(C)cc(C(=O)O)c(Cl)c1C(=O)O. The molecule has 0 saturated carbocycles. The van der Waals surface area contributed by atoms with Crippen LogP contribution in [0.1, 0.15) is 57.4 Å². The molecule has 0 aliphatic carbocycles. The molecule has 0 aliphatic heterocycles. The van der Waals surface area contributed by atoms with Crippen molar-refractivity contribution < 1.29 is 68.3 Å². The molecule has 3 aromatic carbocycles. The number of halogens is 1. The van der Waals surface area contributed by atoms with Crippen molar-refractivity contribution in [3.63, 3.8) is 0 Å². The Balaban J connectivity index is 0.000000353. The second-order valence-electron chi connectivity index (χ2n) is 9.32. The number of carboxylic acid groups (broad SMARTS) is 2. The molecular formula is C27H29As2ClN2O15. The number of hydrogen-bond donors (Lipinski definition) is 10. The predicted molar refractivity (Wildman–Crippen MR) is 166 cm³/mol. The van der Waals surface area contributed by atoms with Crippen molar-refractivity contribution in [2.45, 2.75) is 27.7 Å². The molecule has 17 nitrogen and oxygen atoms in total. The van der Waals surface area contributed by atoms with E-state index in [2.05, 4.69) is 10.6 Å². The van der Waals surface area contributed by atoms with E-state index in [0.717, 1.165) is 36.4 Å². The van der Waals surface area contributed by atoms with E-state index in [-0.39, 0.29) is 48.3 Å². The van der Waals surface area contributed by atoms with Crippen LogP contribution in [0.2, 0.25) is 5.02 Å². The number of benzene rings is 3. The van der Waals surface area contributed by atoms with Crippen molar-refractivity contribution >= 4 is 89.6 Å². The van der Waals surface area contributed by atoms with Gasteiger partial charge in [-0.1, -0.05) is 11.6 Å². The number of phenolic OH excluding ortho intramolecular Hbond substituents is 2. The Labute approximate surface area is 276 Å². The molecule has 0 fully saturated rings. The maximum atomic E-state index is 11.4. The third-order valence-electron chi connectivity index (χ3n) is 5.51. The van der Waals surface area contributed by atoms with Crippen LogP contribution in [0, 0.1) is 6.92 Å². The quantitative estimate of drug-likeness (QED) is 0.0859. The Morgan fingerprint density at radius 2 is 1.04 bits per heavy atom. The topological polar surface area (TPSA) is 305 Å². The molecule has 10 N–H and O–H groups in total. The fourth-order valence-electron chi connectivity index (χ4n) is 3.59. The Morgan fingerprint density at radius 3 is 1.32 bits per heavy atom. The zero-order valence-electron chi connectivity index (χ0n) is 24.7. The first-order valence-electron chi connectivity index (χ1n) is 12.5. The van der Waals surface area contributed by atoms with Gasteiger partial charge >= 0.3 is 188 Å². The van der Waals surface area contributed by atoms with Gasteiger partial charge in [-0.25, -0.2) is 9.59 Å². The standard InChI is InChI=1S/C11H9ClO5.2C8H10AsNO5/c1-4-3-6(10(14)15)9(12)8(11(16)17)7(4)5(2)13;2*1-5(11)10-7-4-6(9(13,14)15)2-3-8(7)12/h3H,1-2H3,(H,14,15)(H,16,17);2*2-4,12H,1H3,(H,10,11)(H2,13,14,15). The number of carbonyl (C=O) groups is 5. The van der Waals surface area contributed by atoms with Gasteiger partial charge in [0.1, 0.15) is 0 Å². The average Bonchev–Trinajstić information content (AvgIpc) is 2.90. The number of Topliss-reactive ketones (excluding diaryl/α,β-unsaturated/α-hetero) is 1. The van der Waals surface area contributed by atoms with Crippen LogP contribution in [-0.4, -0.2) is 94.7 Å². The number of nitrogens with one attached hydrogen (secondary N) is 2. The van der Waals surface area contributed by atoms with E-state index in [4.69, 9.17) is 38.2 Å². The van der Waals surface area contributed by atoms with Crippen LogP contribution in [0.4, 0.5) is 11.4 Å². The van der Waals surface area contributed by atoms with Gasteiger partial charge in [0.25, 0.3) is 0 Å². The van der Waals surface area contributed by atoms with Gasteiger partial charge in [0.15, 0.2) is 5.78 Å². The molecule has 0 radical (unpaired) electrons. The van der Waals surface area contributed by atoms with Crippen LogP contribution >= 0.6 is 11.6 Å². The molecule has 0 atom stereocenters. The maximum Gasteiger partial charge on any atom is 0.337 e. The Hall–Kier alpha value is -4.34. The molecule has 2 amide bonds. The minimum Gasteiger partial charge on any atom is -0.478 e. The van der Waals surface area contributed by atoms with Crippen LogP contribution in [0.5, 0.6) is 11.5 Å². The van der Waals surface area contributed by atoms with E-state index in [1.807, 2.05) is 0 Å². The van der Waals surface area contributed by atoms with Gasteiger partial charge in [0, 0.05) is 5.56 Å². The maximum absolute atomic E-state index is 11.4. The normalized spacial score (nSPS) is 10.7. The number of anilines is 2. The molecule has 3 aromatic rings. The third kappa shape index (κ3) is 12.1. The van der Waals surface area contributed by atoms with E-state index >= 15 is 0 Å². The number of rotatable bonds is 7. The third-order valence-corrected chi connectivity index (χ3v) is 9.89. The largest absolute Gasteiger partial charge is 0.478 e. The van der Waals surface area contributed by atoms with Gasteiger partial charge in [-0.3, -0.25) is 4.79 Å². The first-order chi connectivity index (χ1) is 21.4. The molecule has 3 rings (SSSR count). The van der Waals surface area contributed by atoms with Crippen molar-refractivity contribution in [1.82, 2.24) is 0 Å². The van der Waals surface area contributed by atoms with Crippen molar-refractivity contribution in [3.05, 3.63) is 69.7 Å². The number of aromatic hydroxyl groups is 2. The predicted octanol–water partition coefficient (Wildman–Crippen LogP) is 0.0706. The molecule has 0 unspecified atom stereocenters. The fraction of sp³-hybridized carbons (Fsp3) is 0.148. The van der Waals surface area contributed by atoms with Gasteiger partial charge in [0.2, 0.25) is 0 Å². The van der Waals surface area contributed by atoms with Crippen LogP contribution in [0.3, 0.4) is 0 Å². The summed E-state index contributed by atoms with van der Waals surface area (Å²) in [6.07, 6.45) is 0. The van der Waals surface area contributed by atoms with Crippen LogP contribution in [0.15, 0.2) is 42.5 Å². The average molecular weight is 807 g/mol. The monoisotopic (exact) mass is 806 g/mol. The molecule has 0 heterocycles. The summed E-state index contributed by atoms with van der Waals surface area (Å²) in [5, 5.41) is 40.5. The minimum absolute atomic E-state index is 0.00951. The van der Waals surface area contributed by atoms with Crippen molar-refractivity contribution in [2.24, 2.45) is 0 Å². The number of ketones is 1. The van der Waals surface area contributed by atoms with Crippen LogP contribution in [-0.2, 0) is 17.1 Å². The fourth-order valence-corrected chi connectivity index (χ4v) is 6.28. The molecule has 0 bridgehead atoms. The van der Waals surface area contributed by atoms with Gasteiger partial charge in [0.05, 0.1) is 16.1 Å². The molecule has 0 aliphatic rings. The van der Waals surface area contributed by atoms with Crippen LogP contribution in [0.25, 0.3) is 0 Å². The number of amides is 2. The summed E-state index contributed by atoms with van der Waals surface area (Å²) < 4.78 is 57.2. The summed E-state index contributed by atoms with van der Waals surface area (Å²) in [6, 6.07) is 7.82. The van der Waals surface area contributed by atoms with E-state index in [1.165, 1.54) is 33.8 Å². The summed E-state index contributed by atoms with van der Waals surface area (Å²) in [5.41, 5.74) is -0.596. The molecule has 0 spiro atoms. The summed E-state index contributed by atoms with van der Waals surface area (Å²) in [5.74, 6) is -4.57. The number of hydrogen-bond acceptors (Lipinski definition) is 9. The second kappa shape index (κ2) is 16.5. The van der Waals surface area contributed by atoms with Crippen LogP contribution < -0.4 is 19.3 Å². The summed E-state index contributed by atoms with van der Waals surface area (Å²) in [4.78, 5) is 54.7. The summed E-state index contributed by atoms with van der Waals surface area (Å²) in [7, 11) is 0. The number of carbonyl (C=O) groups excluding carboxylic acids is 3. The molecular weight excluding hydrogens is 778 g/mol. The molecule has 0 aromatic heterocycles. The number of aryl methyl sites for hydroxylation is 1. The molecule has 0 saturated heterocycles. The van der Waals surface area contributed by atoms with E-state index < -0.39 is 68.5 Å². The van der Waals surface area contributed by atoms with Crippen molar-refractivity contribution in [1.29, 1.82) is 0 Å². The van der Waals surface area contributed by atoms with Gasteiger partial charge in [-0.05, 0) is 25.5 Å². The number of carboxylic acids is 2. The van der Waals surface area contributed by atoms with Crippen molar-refractivity contribution in [3.8, 4) is 11.5 Å². The zero-order valence-corrected chi connectivity index (χ0v) is 29.3. The Morgan fingerprint density at radius 1 is 0.660 bits per heavy atom.